The van der Waals surface area contributed by atoms with Gasteiger partial charge in [-0.1, -0.05) is 23.2 Å². The highest BCUT2D eigenvalue weighted by Gasteiger charge is 2.10. The molecule has 0 bridgehead atoms. The third kappa shape index (κ3) is 2.16. The van der Waals surface area contributed by atoms with Crippen LogP contribution in [0.2, 0.25) is 5.02 Å². The predicted octanol–water partition coefficient (Wildman–Crippen LogP) is 1.27. The van der Waals surface area contributed by atoms with Gasteiger partial charge in [0.05, 0.1) is 0 Å². The lowest BCUT2D eigenvalue weighted by Crippen LogP contribution is -2.26. The Bertz CT molecular complexity index is 265. The Morgan fingerprint density at radius 3 is 2.64 bits per heavy atom. The molecule has 1 N–H and O–H groups in total. The van der Waals surface area contributed by atoms with Crippen LogP contribution in [0.3, 0.4) is 0 Å². The summed E-state index contributed by atoms with van der Waals surface area (Å²) in [7, 11) is 0. The normalized spacial score (nSPS) is 9.82. The lowest BCUT2D eigenvalue weighted by molar-refractivity contribution is 0.609. The van der Waals surface area contributed by atoms with Crippen LogP contribution in [-0.4, -0.2) is 11.2 Å². The van der Waals surface area contributed by atoms with Crippen LogP contribution >= 0.6 is 24.1 Å². The minimum absolute atomic E-state index is 0.681. The molecular weight excluding hydrogens is 178 g/mol. The molecule has 0 heterocycles. The molecule has 0 aromatic heterocycles. The first-order chi connectivity index (χ1) is 5.11. The Hall–Kier alpha value is -0.115. The van der Waals surface area contributed by atoms with Crippen molar-refractivity contribution in [3.05, 3.63) is 28.8 Å². The van der Waals surface area contributed by atoms with Crippen molar-refractivity contribution in [2.75, 3.05) is 0 Å². The highest BCUT2D eigenvalue weighted by atomic mass is 35.5. The van der Waals surface area contributed by atoms with Gasteiger partial charge in [-0.15, -0.1) is 0 Å². The lowest BCUT2D eigenvalue weighted by Gasteiger charge is -2.04. The monoisotopic (exact) mass is 186 g/mol. The molecule has 0 spiro atoms. The van der Waals surface area contributed by atoms with Gasteiger partial charge in [0.25, 0.3) is 0 Å². The maximum Gasteiger partial charge on any atom is 0.391 e. The van der Waals surface area contributed by atoms with Crippen LogP contribution in [0.1, 0.15) is 5.56 Å². The average molecular weight is 186 g/mol. The van der Waals surface area contributed by atoms with Crippen LogP contribution in [-0.2, 0) is 0 Å². The molecule has 1 aromatic rings. The number of benzene rings is 1. The van der Waals surface area contributed by atoms with Crippen LogP contribution < -0.4 is 5.46 Å². The molecular formula is C7H8BClOS. The van der Waals surface area contributed by atoms with Crippen molar-refractivity contribution in [2.45, 2.75) is 6.92 Å². The summed E-state index contributed by atoms with van der Waals surface area (Å²) >= 11 is 9.62. The van der Waals surface area contributed by atoms with Gasteiger partial charge in [0.2, 0.25) is 0 Å². The third-order valence-electron chi connectivity index (χ3n) is 1.51. The van der Waals surface area contributed by atoms with E-state index in [1.54, 1.807) is 18.2 Å². The number of hydrogen-bond acceptors (Lipinski definition) is 2. The van der Waals surface area contributed by atoms with Crippen LogP contribution in [0.4, 0.5) is 0 Å². The minimum atomic E-state index is -0.715. The predicted molar refractivity (Wildman–Crippen MR) is 52.8 cm³/mol. The van der Waals surface area contributed by atoms with E-state index in [2.05, 4.69) is 12.5 Å². The molecule has 1 aromatic carbocycles. The van der Waals surface area contributed by atoms with Crippen molar-refractivity contribution in [1.29, 1.82) is 0 Å². The van der Waals surface area contributed by atoms with Gasteiger partial charge >= 0.3 is 6.19 Å². The zero-order valence-corrected chi connectivity index (χ0v) is 7.73. The molecule has 4 heteroatoms. The summed E-state index contributed by atoms with van der Waals surface area (Å²) in [6, 6.07) is 5.31. The fourth-order valence-corrected chi connectivity index (χ4v) is 1.45. The van der Waals surface area contributed by atoms with E-state index in [0.29, 0.717) is 5.02 Å². The van der Waals surface area contributed by atoms with Crippen molar-refractivity contribution >= 4 is 35.7 Å². The molecule has 1 rings (SSSR count). The van der Waals surface area contributed by atoms with Gasteiger partial charge in [0.1, 0.15) is 0 Å². The molecule has 0 aliphatic heterocycles. The summed E-state index contributed by atoms with van der Waals surface area (Å²) in [5.41, 5.74) is 1.76. The van der Waals surface area contributed by atoms with Crippen LogP contribution in [0.5, 0.6) is 0 Å². The molecule has 0 fully saturated rings. The lowest BCUT2D eigenvalue weighted by atomic mass is 9.83. The van der Waals surface area contributed by atoms with Crippen molar-refractivity contribution in [2.24, 2.45) is 0 Å². The zero-order chi connectivity index (χ0) is 8.43. The Balaban J connectivity index is 3.09. The molecule has 11 heavy (non-hydrogen) atoms. The number of hydrogen-bond donors (Lipinski definition) is 2. The van der Waals surface area contributed by atoms with Crippen LogP contribution in [0.25, 0.3) is 0 Å². The second kappa shape index (κ2) is 3.52. The van der Waals surface area contributed by atoms with Gasteiger partial charge in [-0.25, -0.2) is 0 Å². The highest BCUT2D eigenvalue weighted by molar-refractivity contribution is 8.11. The van der Waals surface area contributed by atoms with E-state index < -0.39 is 6.19 Å². The van der Waals surface area contributed by atoms with Gasteiger partial charge in [-0.2, -0.15) is 12.5 Å². The number of aryl methyl sites for hydroxylation is 1. The van der Waals surface area contributed by atoms with E-state index in [-0.39, 0.29) is 0 Å². The molecule has 0 radical (unpaired) electrons. The van der Waals surface area contributed by atoms with Crippen molar-refractivity contribution in [3.8, 4) is 0 Å². The number of thiol groups is 1. The van der Waals surface area contributed by atoms with Gasteiger partial charge < -0.3 is 5.02 Å². The van der Waals surface area contributed by atoms with E-state index in [4.69, 9.17) is 16.6 Å². The maximum absolute atomic E-state index is 9.12. The highest BCUT2D eigenvalue weighted by Crippen LogP contribution is 2.08. The van der Waals surface area contributed by atoms with Gasteiger partial charge in [-0.3, -0.25) is 0 Å². The van der Waals surface area contributed by atoms with Gasteiger partial charge in [0, 0.05) is 5.02 Å². The Kier molecular flexibility index (Phi) is 2.87. The Morgan fingerprint density at radius 1 is 1.55 bits per heavy atom. The van der Waals surface area contributed by atoms with Gasteiger partial charge in [-0.05, 0) is 24.5 Å². The molecule has 0 saturated heterocycles. The fourth-order valence-electron chi connectivity index (χ4n) is 0.929. The standard InChI is InChI=1S/C7H8BClOS/c1-5-4-6(9)2-3-7(5)8(10)11/h2-4,10-11H,1H3. The minimum Gasteiger partial charge on any atom is -0.438 e. The largest absolute Gasteiger partial charge is 0.438 e. The first-order valence-corrected chi connectivity index (χ1v) is 4.13. The van der Waals surface area contributed by atoms with E-state index in [0.717, 1.165) is 11.0 Å². The average Bonchev–Trinajstić information content (AvgIpc) is 1.85. The summed E-state index contributed by atoms with van der Waals surface area (Å²) in [6.07, 6.45) is -0.715. The second-order valence-corrected chi connectivity index (χ2v) is 3.30. The van der Waals surface area contributed by atoms with E-state index >= 15 is 0 Å². The molecule has 58 valence electrons. The number of rotatable bonds is 1. The first-order valence-electron chi connectivity index (χ1n) is 3.23. The zero-order valence-electron chi connectivity index (χ0n) is 6.08. The van der Waals surface area contributed by atoms with Crippen molar-refractivity contribution in [1.82, 2.24) is 0 Å². The van der Waals surface area contributed by atoms with Crippen molar-refractivity contribution in [3.63, 3.8) is 0 Å². The Labute approximate surface area is 76.8 Å². The topological polar surface area (TPSA) is 20.2 Å². The SMILES string of the molecule is Cc1cc(Cl)ccc1B(O)S. The fraction of sp³-hybridized carbons (Fsp3) is 0.143. The summed E-state index contributed by atoms with van der Waals surface area (Å²) in [4.78, 5) is 0. The second-order valence-electron chi connectivity index (χ2n) is 2.37. The third-order valence-corrected chi connectivity index (χ3v) is 2.02. The van der Waals surface area contributed by atoms with Crippen molar-refractivity contribution < 1.29 is 5.02 Å². The van der Waals surface area contributed by atoms with Gasteiger partial charge in [0.15, 0.2) is 0 Å². The Morgan fingerprint density at radius 2 is 2.18 bits per heavy atom. The number of halogens is 1. The van der Waals surface area contributed by atoms with E-state index in [9.17, 15) is 0 Å². The molecule has 0 unspecified atom stereocenters. The molecule has 0 atom stereocenters. The smallest absolute Gasteiger partial charge is 0.391 e. The molecule has 0 aliphatic rings. The quantitative estimate of drug-likeness (QED) is 0.500. The molecule has 0 aliphatic carbocycles. The summed E-state index contributed by atoms with van der Waals surface area (Å²) < 4.78 is 0. The summed E-state index contributed by atoms with van der Waals surface area (Å²) in [5.74, 6) is 0. The van der Waals surface area contributed by atoms with E-state index in [1.165, 1.54) is 0 Å². The summed E-state index contributed by atoms with van der Waals surface area (Å²) in [5, 5.41) is 9.80. The van der Waals surface area contributed by atoms with Crippen LogP contribution in [0, 0.1) is 6.92 Å². The molecule has 0 saturated carbocycles. The first kappa shape index (κ1) is 8.98. The maximum atomic E-state index is 9.12. The molecule has 1 nitrogen and oxygen atoms in total. The van der Waals surface area contributed by atoms with E-state index in [1.807, 2.05) is 6.92 Å². The molecule has 0 amide bonds. The van der Waals surface area contributed by atoms with Crippen LogP contribution in [0.15, 0.2) is 18.2 Å². The summed E-state index contributed by atoms with van der Waals surface area (Å²) in [6.45, 7) is 1.89.